The number of nitrogens with zero attached hydrogens (tertiary/aromatic N) is 4. The van der Waals surface area contributed by atoms with E-state index in [1.807, 2.05) is 5.01 Å². The fourth-order valence-electron chi connectivity index (χ4n) is 3.49. The summed E-state index contributed by atoms with van der Waals surface area (Å²) in [6.07, 6.45) is 4.51. The standard InChI is InChI=1S/C21H26N4O5S3/c1-24(2)33(29,30)20-14-22-19(31-20)13-18(26)21(23-25-11-3-4-12-25)15-5-7-16(8-6-15)32(27,28)17-9-10-17/h5-8,14,17H,3-4,9-13H2,1-2H3/b23-21+. The SMILES string of the molecule is CN(C)S(=O)(=O)c1cnc(CC(=O)/C(=N/N2CCCC2)c2ccc(S(=O)(=O)C3CC3)cc2)s1. The summed E-state index contributed by atoms with van der Waals surface area (Å²) in [6.45, 7) is 1.49. The summed E-state index contributed by atoms with van der Waals surface area (Å²) in [4.78, 5) is 17.6. The molecule has 0 amide bonds. The lowest BCUT2D eigenvalue weighted by Crippen LogP contribution is -2.24. The molecule has 0 atom stereocenters. The summed E-state index contributed by atoms with van der Waals surface area (Å²) in [6, 6.07) is 6.29. The number of hydrazone groups is 1. The second-order valence-corrected chi connectivity index (χ2v) is 14.1. The normalized spacial score (nSPS) is 17.7. The van der Waals surface area contributed by atoms with Crippen molar-refractivity contribution in [1.29, 1.82) is 0 Å². The number of aromatic nitrogens is 1. The largest absolute Gasteiger partial charge is 0.296 e. The molecule has 4 rings (SSSR count). The van der Waals surface area contributed by atoms with Crippen molar-refractivity contribution in [3.05, 3.63) is 41.0 Å². The van der Waals surface area contributed by atoms with Crippen LogP contribution in [0.5, 0.6) is 0 Å². The van der Waals surface area contributed by atoms with Gasteiger partial charge in [-0.2, -0.15) is 5.10 Å². The topological polar surface area (TPSA) is 117 Å². The molecule has 2 heterocycles. The molecule has 0 unspecified atom stereocenters. The highest BCUT2D eigenvalue weighted by atomic mass is 32.2. The number of ketones is 1. The maximum Gasteiger partial charge on any atom is 0.253 e. The van der Waals surface area contributed by atoms with Crippen molar-refractivity contribution in [2.24, 2.45) is 5.10 Å². The van der Waals surface area contributed by atoms with Gasteiger partial charge in [0, 0.05) is 32.7 Å². The zero-order valence-electron chi connectivity index (χ0n) is 18.5. The van der Waals surface area contributed by atoms with E-state index in [0.717, 1.165) is 41.6 Å². The summed E-state index contributed by atoms with van der Waals surface area (Å²) < 4.78 is 50.8. The lowest BCUT2D eigenvalue weighted by atomic mass is 10.0. The first kappa shape index (κ1) is 24.0. The van der Waals surface area contributed by atoms with Gasteiger partial charge in [-0.3, -0.25) is 9.80 Å². The Morgan fingerprint density at radius 1 is 1.12 bits per heavy atom. The highest BCUT2D eigenvalue weighted by Gasteiger charge is 2.36. The Labute approximate surface area is 198 Å². The fourth-order valence-corrected chi connectivity index (χ4v) is 7.49. The first-order valence-corrected chi connectivity index (χ1v) is 14.5. The number of carbonyl (C=O) groups is 1. The third-order valence-corrected chi connectivity index (χ3v) is 11.1. The molecule has 1 saturated heterocycles. The predicted molar refractivity (Wildman–Crippen MR) is 126 cm³/mol. The predicted octanol–water partition coefficient (Wildman–Crippen LogP) is 1.94. The third kappa shape index (κ3) is 5.18. The number of sulfone groups is 1. The lowest BCUT2D eigenvalue weighted by Gasteiger charge is -2.14. The Morgan fingerprint density at radius 2 is 1.76 bits per heavy atom. The Bertz CT molecular complexity index is 1270. The van der Waals surface area contributed by atoms with Gasteiger partial charge in [0.1, 0.15) is 10.7 Å². The molecule has 1 saturated carbocycles. The van der Waals surface area contributed by atoms with Crippen LogP contribution in [0.15, 0.2) is 44.7 Å². The molecular weight excluding hydrogens is 484 g/mol. The minimum absolute atomic E-state index is 0.0722. The van der Waals surface area contributed by atoms with Crippen molar-refractivity contribution in [1.82, 2.24) is 14.3 Å². The quantitative estimate of drug-likeness (QED) is 0.473. The number of Topliss-reactive ketones (excluding diaryl/α,β-unsaturated/α-hetero) is 1. The molecule has 1 aromatic carbocycles. The van der Waals surface area contributed by atoms with E-state index >= 15 is 0 Å². The summed E-state index contributed by atoms with van der Waals surface area (Å²) >= 11 is 0.958. The summed E-state index contributed by atoms with van der Waals surface area (Å²) in [5.74, 6) is -0.303. The highest BCUT2D eigenvalue weighted by molar-refractivity contribution is 7.92. The molecule has 1 aliphatic carbocycles. The monoisotopic (exact) mass is 510 g/mol. The molecule has 9 nitrogen and oxygen atoms in total. The molecule has 0 N–H and O–H groups in total. The number of benzene rings is 1. The number of thiazole rings is 1. The van der Waals surface area contributed by atoms with E-state index < -0.39 is 19.9 Å². The van der Waals surface area contributed by atoms with E-state index in [4.69, 9.17) is 0 Å². The summed E-state index contributed by atoms with van der Waals surface area (Å²) in [5, 5.41) is 6.48. The molecule has 2 aromatic rings. The van der Waals surface area contributed by atoms with Crippen LogP contribution in [0.3, 0.4) is 0 Å². The smallest absolute Gasteiger partial charge is 0.253 e. The third-order valence-electron chi connectivity index (χ3n) is 5.59. The average molecular weight is 511 g/mol. The molecule has 1 aliphatic heterocycles. The van der Waals surface area contributed by atoms with Crippen LogP contribution in [-0.4, -0.2) is 75.1 Å². The Hall–Kier alpha value is -2.15. The number of rotatable bonds is 9. The number of hydrogen-bond donors (Lipinski definition) is 0. The van der Waals surface area contributed by atoms with Gasteiger partial charge in [-0.25, -0.2) is 26.1 Å². The maximum absolute atomic E-state index is 13.2. The van der Waals surface area contributed by atoms with Crippen molar-refractivity contribution >= 4 is 42.7 Å². The van der Waals surface area contributed by atoms with Gasteiger partial charge in [0.05, 0.1) is 22.8 Å². The van der Waals surface area contributed by atoms with E-state index in [0.29, 0.717) is 23.4 Å². The number of hydrogen-bond acceptors (Lipinski definition) is 9. The van der Waals surface area contributed by atoms with Crippen LogP contribution in [0.1, 0.15) is 36.3 Å². The van der Waals surface area contributed by atoms with Crippen LogP contribution in [-0.2, 0) is 31.1 Å². The van der Waals surface area contributed by atoms with Crippen molar-refractivity contribution < 1.29 is 21.6 Å². The Morgan fingerprint density at radius 3 is 2.33 bits per heavy atom. The van der Waals surface area contributed by atoms with Crippen molar-refractivity contribution in [2.45, 2.75) is 46.5 Å². The molecule has 1 aromatic heterocycles. The highest BCUT2D eigenvalue weighted by Crippen LogP contribution is 2.33. The van der Waals surface area contributed by atoms with Gasteiger partial charge in [0.15, 0.2) is 19.8 Å². The molecule has 2 aliphatic rings. The van der Waals surface area contributed by atoms with Crippen LogP contribution >= 0.6 is 11.3 Å². The Balaban J connectivity index is 1.60. The van der Waals surface area contributed by atoms with Crippen LogP contribution in [0.4, 0.5) is 0 Å². The van der Waals surface area contributed by atoms with Gasteiger partial charge in [-0.1, -0.05) is 12.1 Å². The molecule has 33 heavy (non-hydrogen) atoms. The second-order valence-electron chi connectivity index (χ2n) is 8.34. The van der Waals surface area contributed by atoms with Crippen LogP contribution < -0.4 is 0 Å². The minimum atomic E-state index is -3.62. The van der Waals surface area contributed by atoms with Crippen molar-refractivity contribution in [2.75, 3.05) is 27.2 Å². The van der Waals surface area contributed by atoms with Crippen molar-refractivity contribution in [3.63, 3.8) is 0 Å². The summed E-state index contributed by atoms with van der Waals surface area (Å²) in [5.41, 5.74) is 0.749. The summed E-state index contributed by atoms with van der Waals surface area (Å²) in [7, 11) is -4.07. The van der Waals surface area contributed by atoms with Gasteiger partial charge in [-0.15, -0.1) is 11.3 Å². The molecule has 0 radical (unpaired) electrons. The van der Waals surface area contributed by atoms with Crippen molar-refractivity contribution in [3.8, 4) is 0 Å². The number of carbonyl (C=O) groups excluding carboxylic acids is 1. The van der Waals surface area contributed by atoms with Crippen LogP contribution in [0.25, 0.3) is 0 Å². The van der Waals surface area contributed by atoms with E-state index in [1.165, 1.54) is 32.4 Å². The zero-order chi connectivity index (χ0) is 23.8. The molecular formula is C21H26N4O5S3. The van der Waals surface area contributed by atoms with Crippen LogP contribution in [0.2, 0.25) is 0 Å². The maximum atomic E-state index is 13.2. The van der Waals surface area contributed by atoms with E-state index in [1.54, 1.807) is 12.1 Å². The second kappa shape index (κ2) is 9.24. The lowest BCUT2D eigenvalue weighted by molar-refractivity contribution is -0.112. The van der Waals surface area contributed by atoms with Gasteiger partial charge < -0.3 is 0 Å². The zero-order valence-corrected chi connectivity index (χ0v) is 20.9. The van der Waals surface area contributed by atoms with Gasteiger partial charge >= 0.3 is 0 Å². The van der Waals surface area contributed by atoms with E-state index in [9.17, 15) is 21.6 Å². The van der Waals surface area contributed by atoms with E-state index in [-0.39, 0.29) is 32.3 Å². The first-order valence-electron chi connectivity index (χ1n) is 10.7. The molecule has 2 fully saturated rings. The van der Waals surface area contributed by atoms with Crippen LogP contribution in [0, 0.1) is 0 Å². The molecule has 0 spiro atoms. The van der Waals surface area contributed by atoms with Gasteiger partial charge in [0.2, 0.25) is 0 Å². The van der Waals surface area contributed by atoms with E-state index in [2.05, 4.69) is 10.1 Å². The molecule has 12 heteroatoms. The fraction of sp³-hybridized carbons (Fsp3) is 0.476. The average Bonchev–Trinajstić information content (AvgIpc) is 3.32. The van der Waals surface area contributed by atoms with Gasteiger partial charge in [-0.05, 0) is 37.8 Å². The molecule has 178 valence electrons. The van der Waals surface area contributed by atoms with Gasteiger partial charge in [0.25, 0.3) is 10.0 Å². The minimum Gasteiger partial charge on any atom is -0.296 e. The first-order chi connectivity index (χ1) is 15.6. The number of sulfonamides is 1. The Kier molecular flexibility index (Phi) is 6.72. The molecule has 0 bridgehead atoms.